The summed E-state index contributed by atoms with van der Waals surface area (Å²) in [5.74, 6) is -1.00. The topological polar surface area (TPSA) is 93.7 Å². The molecule has 1 fully saturated rings. The Morgan fingerprint density at radius 2 is 2.05 bits per heavy atom. The minimum absolute atomic E-state index is 0.379. The van der Waals surface area contributed by atoms with E-state index in [2.05, 4.69) is 20.9 Å². The van der Waals surface area contributed by atoms with Crippen LogP contribution in [0, 0.1) is 0 Å². The maximum absolute atomic E-state index is 11.5. The van der Waals surface area contributed by atoms with E-state index in [-0.39, 0.29) is 0 Å². The van der Waals surface area contributed by atoms with Crippen LogP contribution in [0.2, 0.25) is 0 Å². The SMILES string of the molecule is CC[C@@H](NC(=O)NCCCN1CCNCC1)C(=O)O. The normalized spacial score (nSPS) is 17.7. The molecule has 19 heavy (non-hydrogen) atoms. The zero-order chi connectivity index (χ0) is 14.1. The van der Waals surface area contributed by atoms with E-state index in [4.69, 9.17) is 5.11 Å². The lowest BCUT2D eigenvalue weighted by Crippen LogP contribution is -2.47. The summed E-state index contributed by atoms with van der Waals surface area (Å²) in [6.07, 6.45) is 1.25. The van der Waals surface area contributed by atoms with Crippen LogP contribution in [-0.2, 0) is 4.79 Å². The first kappa shape index (κ1) is 15.7. The van der Waals surface area contributed by atoms with Crippen molar-refractivity contribution in [2.24, 2.45) is 0 Å². The highest BCUT2D eigenvalue weighted by Gasteiger charge is 2.17. The van der Waals surface area contributed by atoms with Gasteiger partial charge in [0.15, 0.2) is 0 Å². The fourth-order valence-electron chi connectivity index (χ4n) is 1.99. The number of nitrogens with zero attached hydrogens (tertiary/aromatic N) is 1. The van der Waals surface area contributed by atoms with Gasteiger partial charge in [-0.3, -0.25) is 0 Å². The van der Waals surface area contributed by atoms with E-state index in [9.17, 15) is 9.59 Å². The molecule has 4 N–H and O–H groups in total. The number of carbonyl (C=O) groups excluding carboxylic acids is 1. The van der Waals surface area contributed by atoms with Crippen LogP contribution < -0.4 is 16.0 Å². The standard InChI is InChI=1S/C12H24N4O3/c1-2-10(11(17)18)15-12(19)14-4-3-7-16-8-5-13-6-9-16/h10,13H,2-9H2,1H3,(H,17,18)(H2,14,15,19)/t10-/m1/s1. The molecule has 0 aromatic rings. The number of hydrogen-bond donors (Lipinski definition) is 4. The Labute approximate surface area is 113 Å². The summed E-state index contributed by atoms with van der Waals surface area (Å²) in [7, 11) is 0. The third kappa shape index (κ3) is 6.40. The summed E-state index contributed by atoms with van der Waals surface area (Å²) >= 11 is 0. The quantitative estimate of drug-likeness (QED) is 0.466. The first-order valence-electron chi connectivity index (χ1n) is 6.83. The molecule has 110 valence electrons. The maximum Gasteiger partial charge on any atom is 0.326 e. The van der Waals surface area contributed by atoms with Crippen molar-refractivity contribution in [3.8, 4) is 0 Å². The Morgan fingerprint density at radius 3 is 2.63 bits per heavy atom. The number of carboxylic acids is 1. The van der Waals surface area contributed by atoms with Crippen molar-refractivity contribution in [2.45, 2.75) is 25.8 Å². The largest absolute Gasteiger partial charge is 0.480 e. The monoisotopic (exact) mass is 272 g/mol. The second-order valence-corrected chi connectivity index (χ2v) is 4.64. The van der Waals surface area contributed by atoms with Crippen LogP contribution >= 0.6 is 0 Å². The first-order chi connectivity index (χ1) is 9.13. The minimum atomic E-state index is -1.00. The zero-order valence-corrected chi connectivity index (χ0v) is 11.4. The molecule has 0 saturated carbocycles. The molecule has 7 nitrogen and oxygen atoms in total. The molecule has 1 rings (SSSR count). The van der Waals surface area contributed by atoms with Crippen molar-refractivity contribution in [3.63, 3.8) is 0 Å². The third-order valence-corrected chi connectivity index (χ3v) is 3.16. The Morgan fingerprint density at radius 1 is 1.37 bits per heavy atom. The molecule has 0 aromatic heterocycles. The number of hydrogen-bond acceptors (Lipinski definition) is 4. The summed E-state index contributed by atoms with van der Waals surface area (Å²) in [5.41, 5.74) is 0. The Hall–Kier alpha value is -1.34. The molecule has 7 heteroatoms. The van der Waals surface area contributed by atoms with Gasteiger partial charge in [0, 0.05) is 32.7 Å². The van der Waals surface area contributed by atoms with E-state index < -0.39 is 18.0 Å². The van der Waals surface area contributed by atoms with Crippen molar-refractivity contribution in [1.82, 2.24) is 20.9 Å². The van der Waals surface area contributed by atoms with E-state index in [0.29, 0.717) is 13.0 Å². The number of amides is 2. The predicted octanol–water partition coefficient (Wildman–Crippen LogP) is -0.556. The van der Waals surface area contributed by atoms with E-state index in [1.165, 1.54) is 0 Å². The molecule has 0 aliphatic carbocycles. The number of carbonyl (C=O) groups is 2. The molecule has 0 aromatic carbocycles. The minimum Gasteiger partial charge on any atom is -0.480 e. The molecule has 0 radical (unpaired) electrons. The van der Waals surface area contributed by atoms with E-state index in [0.717, 1.165) is 39.1 Å². The fraction of sp³-hybridized carbons (Fsp3) is 0.833. The number of carboxylic acid groups (broad SMARTS) is 1. The average Bonchev–Trinajstić information content (AvgIpc) is 2.42. The van der Waals surface area contributed by atoms with Gasteiger partial charge in [0.2, 0.25) is 0 Å². The van der Waals surface area contributed by atoms with Crippen LogP contribution in [0.1, 0.15) is 19.8 Å². The number of nitrogens with one attached hydrogen (secondary N) is 3. The number of urea groups is 1. The van der Waals surface area contributed by atoms with Crippen LogP contribution in [-0.4, -0.2) is 67.3 Å². The van der Waals surface area contributed by atoms with Crippen molar-refractivity contribution in [1.29, 1.82) is 0 Å². The second-order valence-electron chi connectivity index (χ2n) is 4.64. The molecule has 0 unspecified atom stereocenters. The highest BCUT2D eigenvalue weighted by Crippen LogP contribution is 1.94. The second kappa shape index (κ2) is 8.71. The van der Waals surface area contributed by atoms with Crippen LogP contribution in [0.3, 0.4) is 0 Å². The summed E-state index contributed by atoms with van der Waals surface area (Å²) < 4.78 is 0. The Kier molecular flexibility index (Phi) is 7.20. The number of rotatable bonds is 7. The first-order valence-corrected chi connectivity index (χ1v) is 6.83. The van der Waals surface area contributed by atoms with Gasteiger partial charge in [-0.1, -0.05) is 6.92 Å². The Balaban J connectivity index is 2.07. The van der Waals surface area contributed by atoms with Crippen LogP contribution in [0.4, 0.5) is 4.79 Å². The predicted molar refractivity (Wildman–Crippen MR) is 72.2 cm³/mol. The van der Waals surface area contributed by atoms with Crippen molar-refractivity contribution < 1.29 is 14.7 Å². The lowest BCUT2D eigenvalue weighted by Gasteiger charge is -2.27. The van der Waals surface area contributed by atoms with Crippen LogP contribution in [0.25, 0.3) is 0 Å². The highest BCUT2D eigenvalue weighted by molar-refractivity contribution is 5.82. The molecule has 1 aliphatic heterocycles. The fourth-order valence-corrected chi connectivity index (χ4v) is 1.99. The third-order valence-electron chi connectivity index (χ3n) is 3.16. The van der Waals surface area contributed by atoms with Gasteiger partial charge < -0.3 is 26.0 Å². The molecule has 1 atom stereocenters. The van der Waals surface area contributed by atoms with Crippen molar-refractivity contribution in [2.75, 3.05) is 39.3 Å². The molecule has 1 aliphatic rings. The zero-order valence-electron chi connectivity index (χ0n) is 11.4. The van der Waals surface area contributed by atoms with Gasteiger partial charge in [0.05, 0.1) is 0 Å². The van der Waals surface area contributed by atoms with E-state index in [1.807, 2.05) is 0 Å². The lowest BCUT2D eigenvalue weighted by atomic mass is 10.2. The van der Waals surface area contributed by atoms with Crippen LogP contribution in [0.15, 0.2) is 0 Å². The molecular weight excluding hydrogens is 248 g/mol. The van der Waals surface area contributed by atoms with Crippen molar-refractivity contribution in [3.05, 3.63) is 0 Å². The van der Waals surface area contributed by atoms with Gasteiger partial charge >= 0.3 is 12.0 Å². The molecule has 1 heterocycles. The van der Waals surface area contributed by atoms with Gasteiger partial charge in [-0.05, 0) is 19.4 Å². The van der Waals surface area contributed by atoms with Crippen LogP contribution in [0.5, 0.6) is 0 Å². The number of aliphatic carboxylic acids is 1. The molecule has 0 bridgehead atoms. The van der Waals surface area contributed by atoms with Gasteiger partial charge in [0.25, 0.3) is 0 Å². The van der Waals surface area contributed by atoms with Gasteiger partial charge in [0.1, 0.15) is 6.04 Å². The highest BCUT2D eigenvalue weighted by atomic mass is 16.4. The number of piperazine rings is 1. The van der Waals surface area contributed by atoms with Gasteiger partial charge in [-0.25, -0.2) is 9.59 Å². The molecular formula is C12H24N4O3. The lowest BCUT2D eigenvalue weighted by molar-refractivity contribution is -0.139. The molecule has 2 amide bonds. The summed E-state index contributed by atoms with van der Waals surface area (Å²) in [6, 6.07) is -1.22. The van der Waals surface area contributed by atoms with Gasteiger partial charge in [-0.15, -0.1) is 0 Å². The molecule has 1 saturated heterocycles. The average molecular weight is 272 g/mol. The summed E-state index contributed by atoms with van der Waals surface area (Å²) in [6.45, 7) is 7.37. The molecule has 0 spiro atoms. The van der Waals surface area contributed by atoms with E-state index in [1.54, 1.807) is 6.92 Å². The smallest absolute Gasteiger partial charge is 0.326 e. The Bertz CT molecular complexity index is 293. The van der Waals surface area contributed by atoms with Gasteiger partial charge in [-0.2, -0.15) is 0 Å². The maximum atomic E-state index is 11.5. The summed E-state index contributed by atoms with van der Waals surface area (Å²) in [4.78, 5) is 24.6. The van der Waals surface area contributed by atoms with Crippen molar-refractivity contribution >= 4 is 12.0 Å². The summed E-state index contributed by atoms with van der Waals surface area (Å²) in [5, 5.41) is 17.2. The van der Waals surface area contributed by atoms with E-state index >= 15 is 0 Å².